The van der Waals surface area contributed by atoms with E-state index in [1.54, 1.807) is 13.3 Å². The molecule has 0 radical (unpaired) electrons. The van der Waals surface area contributed by atoms with Crippen molar-refractivity contribution in [3.05, 3.63) is 70.4 Å². The molecule has 0 spiro atoms. The summed E-state index contributed by atoms with van der Waals surface area (Å²) in [7, 11) is 1.65. The number of thiophene rings is 1. The lowest BCUT2D eigenvalue weighted by molar-refractivity contribution is 0.0584. The van der Waals surface area contributed by atoms with E-state index in [9.17, 15) is 4.79 Å². The molecule has 122 valence electrons. The lowest BCUT2D eigenvalue weighted by Gasteiger charge is -2.36. The summed E-state index contributed by atoms with van der Waals surface area (Å²) in [6, 6.07) is 9.75. The van der Waals surface area contributed by atoms with Gasteiger partial charge in [-0.3, -0.25) is 4.79 Å². The van der Waals surface area contributed by atoms with Crippen LogP contribution in [0.4, 0.5) is 0 Å². The summed E-state index contributed by atoms with van der Waals surface area (Å²) in [4.78, 5) is 19.3. The molecule has 0 bridgehead atoms. The summed E-state index contributed by atoms with van der Waals surface area (Å²) in [6.45, 7) is 1.20. The fourth-order valence-corrected chi connectivity index (χ4v) is 3.73. The maximum atomic E-state index is 13.0. The maximum absolute atomic E-state index is 13.0. The molecule has 1 atom stereocenters. The first-order valence-corrected chi connectivity index (χ1v) is 8.67. The largest absolute Gasteiger partial charge is 0.497 e. The first-order valence-electron chi connectivity index (χ1n) is 7.73. The van der Waals surface area contributed by atoms with Gasteiger partial charge in [0.05, 0.1) is 25.3 Å². The molecule has 5 nitrogen and oxygen atoms in total. The van der Waals surface area contributed by atoms with Crippen LogP contribution >= 0.6 is 11.3 Å². The van der Waals surface area contributed by atoms with Gasteiger partial charge in [-0.2, -0.15) is 11.3 Å². The fraction of sp³-hybridized carbons (Fsp3) is 0.222. The molecule has 0 fully saturated rings. The van der Waals surface area contributed by atoms with Crippen LogP contribution in [-0.2, 0) is 13.1 Å². The van der Waals surface area contributed by atoms with Gasteiger partial charge < -0.3 is 14.2 Å². The molecular formula is C18H17N3O2S. The Morgan fingerprint density at radius 2 is 2.29 bits per heavy atom. The molecule has 24 heavy (non-hydrogen) atoms. The van der Waals surface area contributed by atoms with Crippen LogP contribution in [0.2, 0.25) is 0 Å². The Bertz CT molecular complexity index is 857. The van der Waals surface area contributed by atoms with Crippen molar-refractivity contribution in [1.29, 1.82) is 0 Å². The number of hydrogen-bond acceptors (Lipinski definition) is 4. The molecule has 4 rings (SSSR count). The number of imidazole rings is 1. The van der Waals surface area contributed by atoms with Crippen LogP contribution in [0, 0.1) is 0 Å². The minimum Gasteiger partial charge on any atom is -0.497 e. The molecule has 1 aromatic carbocycles. The molecule has 2 aromatic heterocycles. The van der Waals surface area contributed by atoms with Gasteiger partial charge in [-0.25, -0.2) is 4.98 Å². The first kappa shape index (κ1) is 15.0. The molecule has 0 unspecified atom stereocenters. The van der Waals surface area contributed by atoms with Crippen LogP contribution in [0.15, 0.2) is 53.5 Å². The summed E-state index contributed by atoms with van der Waals surface area (Å²) >= 11 is 1.53. The van der Waals surface area contributed by atoms with E-state index in [4.69, 9.17) is 4.74 Å². The number of amides is 1. The van der Waals surface area contributed by atoms with Gasteiger partial charge >= 0.3 is 0 Å². The molecule has 0 aliphatic carbocycles. The Morgan fingerprint density at radius 1 is 1.38 bits per heavy atom. The molecule has 6 heteroatoms. The number of nitrogens with zero attached hydrogens (tertiary/aromatic N) is 3. The van der Waals surface area contributed by atoms with Gasteiger partial charge in [-0.05, 0) is 29.1 Å². The molecule has 1 aliphatic rings. The van der Waals surface area contributed by atoms with Gasteiger partial charge in [0.1, 0.15) is 11.6 Å². The standard InChI is InChI=1S/C18H17N3O2S/c1-23-15-4-2-3-13(9-15)16-10-20-7-6-19-17(20)11-21(16)18(22)14-5-8-24-12-14/h2-9,12,16H,10-11H2,1H3/t16-/m0/s1. The van der Waals surface area contributed by atoms with E-state index < -0.39 is 0 Å². The van der Waals surface area contributed by atoms with Crippen LogP contribution in [0.25, 0.3) is 0 Å². The molecule has 1 aliphatic heterocycles. The molecule has 3 heterocycles. The van der Waals surface area contributed by atoms with Crippen molar-refractivity contribution in [1.82, 2.24) is 14.5 Å². The van der Waals surface area contributed by atoms with Crippen molar-refractivity contribution in [2.45, 2.75) is 19.1 Å². The van der Waals surface area contributed by atoms with Gasteiger partial charge in [0.25, 0.3) is 5.91 Å². The second kappa shape index (κ2) is 6.13. The summed E-state index contributed by atoms with van der Waals surface area (Å²) in [5.41, 5.74) is 1.80. The average Bonchev–Trinajstić information content (AvgIpc) is 3.31. The minimum absolute atomic E-state index is 0.0401. The van der Waals surface area contributed by atoms with Crippen molar-refractivity contribution in [3.63, 3.8) is 0 Å². The number of hydrogen-bond donors (Lipinski definition) is 0. The van der Waals surface area contributed by atoms with Crippen LogP contribution in [-0.4, -0.2) is 27.5 Å². The number of methoxy groups -OCH3 is 1. The van der Waals surface area contributed by atoms with Gasteiger partial charge in [0, 0.05) is 24.3 Å². The fourth-order valence-electron chi connectivity index (χ4n) is 3.10. The summed E-state index contributed by atoms with van der Waals surface area (Å²) in [5, 5.41) is 3.82. The van der Waals surface area contributed by atoms with Crippen molar-refractivity contribution in [3.8, 4) is 5.75 Å². The van der Waals surface area contributed by atoms with E-state index in [0.717, 1.165) is 22.7 Å². The lowest BCUT2D eigenvalue weighted by Crippen LogP contribution is -2.41. The summed E-state index contributed by atoms with van der Waals surface area (Å²) < 4.78 is 7.46. The smallest absolute Gasteiger partial charge is 0.255 e. The first-order chi connectivity index (χ1) is 11.8. The topological polar surface area (TPSA) is 47.4 Å². The summed E-state index contributed by atoms with van der Waals surface area (Å²) in [5.74, 6) is 1.75. The normalized spacial score (nSPS) is 16.7. The number of carbonyl (C=O) groups excluding carboxylic acids is 1. The lowest BCUT2D eigenvalue weighted by atomic mass is 10.0. The predicted octanol–water partition coefficient (Wildman–Crippen LogP) is 3.35. The number of fused-ring (bicyclic) bond motifs is 1. The zero-order chi connectivity index (χ0) is 16.5. The number of carbonyl (C=O) groups is 1. The van der Waals surface area contributed by atoms with Crippen molar-refractivity contribution >= 4 is 17.2 Å². The van der Waals surface area contributed by atoms with Crippen molar-refractivity contribution in [2.75, 3.05) is 7.11 Å². The number of benzene rings is 1. The molecular weight excluding hydrogens is 322 g/mol. The molecule has 0 N–H and O–H groups in total. The second-order valence-corrected chi connectivity index (χ2v) is 6.51. The van der Waals surface area contributed by atoms with Gasteiger partial charge in [0.15, 0.2) is 0 Å². The zero-order valence-electron chi connectivity index (χ0n) is 13.3. The van der Waals surface area contributed by atoms with Crippen LogP contribution in [0.5, 0.6) is 5.75 Å². The Kier molecular flexibility index (Phi) is 3.82. The highest BCUT2D eigenvalue weighted by molar-refractivity contribution is 7.08. The van der Waals surface area contributed by atoms with E-state index in [-0.39, 0.29) is 11.9 Å². The molecule has 1 amide bonds. The zero-order valence-corrected chi connectivity index (χ0v) is 14.1. The van der Waals surface area contributed by atoms with Crippen molar-refractivity contribution < 1.29 is 9.53 Å². The highest BCUT2D eigenvalue weighted by Crippen LogP contribution is 2.32. The van der Waals surface area contributed by atoms with E-state index in [1.165, 1.54) is 11.3 Å². The highest BCUT2D eigenvalue weighted by atomic mass is 32.1. The predicted molar refractivity (Wildman–Crippen MR) is 92.2 cm³/mol. The van der Waals surface area contributed by atoms with Gasteiger partial charge in [-0.1, -0.05) is 12.1 Å². The van der Waals surface area contributed by atoms with Crippen LogP contribution in [0.3, 0.4) is 0 Å². The Balaban J connectivity index is 1.74. The van der Waals surface area contributed by atoms with Crippen LogP contribution < -0.4 is 4.74 Å². The molecule has 3 aromatic rings. The molecule has 0 saturated heterocycles. The highest BCUT2D eigenvalue weighted by Gasteiger charge is 2.32. The van der Waals surface area contributed by atoms with E-state index in [1.807, 2.05) is 52.2 Å². The molecule has 0 saturated carbocycles. The monoisotopic (exact) mass is 339 g/mol. The van der Waals surface area contributed by atoms with E-state index in [2.05, 4.69) is 9.55 Å². The average molecular weight is 339 g/mol. The third kappa shape index (κ3) is 2.59. The van der Waals surface area contributed by atoms with Gasteiger partial charge in [0.2, 0.25) is 0 Å². The maximum Gasteiger partial charge on any atom is 0.255 e. The van der Waals surface area contributed by atoms with Crippen LogP contribution in [0.1, 0.15) is 27.8 Å². The quantitative estimate of drug-likeness (QED) is 0.735. The Hall–Kier alpha value is -2.60. The SMILES string of the molecule is COc1cccc([C@@H]2Cn3ccnc3CN2C(=O)c2ccsc2)c1. The van der Waals surface area contributed by atoms with E-state index >= 15 is 0 Å². The second-order valence-electron chi connectivity index (χ2n) is 5.73. The number of aromatic nitrogens is 2. The third-order valence-corrected chi connectivity index (χ3v) is 5.05. The Morgan fingerprint density at radius 3 is 3.08 bits per heavy atom. The Labute approximate surface area is 144 Å². The number of ether oxygens (including phenoxy) is 1. The summed E-state index contributed by atoms with van der Waals surface area (Å²) in [6.07, 6.45) is 3.76. The van der Waals surface area contributed by atoms with Gasteiger partial charge in [-0.15, -0.1) is 0 Å². The minimum atomic E-state index is -0.0470. The van der Waals surface area contributed by atoms with Crippen molar-refractivity contribution in [2.24, 2.45) is 0 Å². The van der Waals surface area contributed by atoms with E-state index in [0.29, 0.717) is 13.1 Å². The third-order valence-electron chi connectivity index (χ3n) is 4.37. The number of rotatable bonds is 3.